The Kier molecular flexibility index (Phi) is 7.30. The van der Waals surface area contributed by atoms with Gasteiger partial charge >= 0.3 is 6.09 Å². The van der Waals surface area contributed by atoms with Gasteiger partial charge in [-0.1, -0.05) is 17.4 Å². The summed E-state index contributed by atoms with van der Waals surface area (Å²) in [5.74, 6) is 2.01. The van der Waals surface area contributed by atoms with Crippen LogP contribution in [-0.4, -0.2) is 106 Å². The van der Waals surface area contributed by atoms with E-state index in [9.17, 15) is 18.0 Å². The maximum atomic E-state index is 13.2. The molecule has 218 valence electrons. The lowest BCUT2D eigenvalue weighted by molar-refractivity contribution is 0.0777. The molecular formula is C26H32N8O5S2. The molecule has 15 heteroatoms. The van der Waals surface area contributed by atoms with Gasteiger partial charge in [-0.3, -0.25) is 15.0 Å². The Morgan fingerprint density at radius 1 is 1.15 bits per heavy atom. The van der Waals surface area contributed by atoms with E-state index in [1.165, 1.54) is 17.1 Å². The van der Waals surface area contributed by atoms with Crippen LogP contribution in [-0.2, 0) is 10.0 Å². The fraction of sp³-hybridized carbons (Fsp3) is 0.500. The number of para-hydroxylation sites is 1. The van der Waals surface area contributed by atoms with Crippen molar-refractivity contribution in [3.8, 4) is 0 Å². The SMILES string of the molecule is Cc1nc(NC(=O)O)sc1S(=O)(=O)N1CCN(C[C@H](C)Nc2ncnc3c(C(=O)N4CC5CC5C4)cccc23)CC1. The predicted octanol–water partition coefficient (Wildman–Crippen LogP) is 2.38. The largest absolute Gasteiger partial charge is 0.465 e. The number of anilines is 2. The van der Waals surface area contributed by atoms with Gasteiger partial charge in [0.2, 0.25) is 0 Å². The van der Waals surface area contributed by atoms with Gasteiger partial charge in [0.1, 0.15) is 12.1 Å². The summed E-state index contributed by atoms with van der Waals surface area (Å²) in [6, 6.07) is 5.62. The fourth-order valence-corrected chi connectivity index (χ4v) is 8.77. The summed E-state index contributed by atoms with van der Waals surface area (Å²) < 4.78 is 27.9. The highest BCUT2D eigenvalue weighted by Crippen LogP contribution is 2.45. The van der Waals surface area contributed by atoms with Gasteiger partial charge in [0.25, 0.3) is 15.9 Å². The Labute approximate surface area is 241 Å². The number of amides is 2. The lowest BCUT2D eigenvalue weighted by Gasteiger charge is -2.35. The van der Waals surface area contributed by atoms with Crippen molar-refractivity contribution in [1.29, 1.82) is 0 Å². The zero-order chi connectivity index (χ0) is 28.9. The van der Waals surface area contributed by atoms with E-state index in [0.717, 1.165) is 29.8 Å². The smallest absolute Gasteiger partial charge is 0.410 e. The number of thiazole rings is 1. The van der Waals surface area contributed by atoms with E-state index in [2.05, 4.69) is 30.5 Å². The van der Waals surface area contributed by atoms with Gasteiger partial charge in [-0.05, 0) is 44.2 Å². The van der Waals surface area contributed by atoms with E-state index in [-0.39, 0.29) is 27.0 Å². The minimum absolute atomic E-state index is 0.00491. The summed E-state index contributed by atoms with van der Waals surface area (Å²) in [5, 5.41) is 15.3. The van der Waals surface area contributed by atoms with Gasteiger partial charge in [-0.2, -0.15) is 4.31 Å². The first-order chi connectivity index (χ1) is 19.6. The number of nitrogens with zero attached hydrogens (tertiary/aromatic N) is 6. The Balaban J connectivity index is 1.08. The monoisotopic (exact) mass is 600 g/mol. The maximum Gasteiger partial charge on any atom is 0.410 e. The Morgan fingerprint density at radius 3 is 2.59 bits per heavy atom. The van der Waals surface area contributed by atoms with Crippen LogP contribution in [0.4, 0.5) is 15.7 Å². The number of aromatic nitrogens is 3. The summed E-state index contributed by atoms with van der Waals surface area (Å²) in [4.78, 5) is 41.2. The average Bonchev–Trinajstić information content (AvgIpc) is 3.35. The molecule has 2 unspecified atom stereocenters. The number of rotatable bonds is 8. The second-order valence-electron chi connectivity index (χ2n) is 11.0. The molecule has 2 saturated heterocycles. The molecule has 0 spiro atoms. The second kappa shape index (κ2) is 10.8. The molecule has 13 nitrogen and oxygen atoms in total. The number of carbonyl (C=O) groups excluding carboxylic acids is 1. The highest BCUT2D eigenvalue weighted by atomic mass is 32.2. The van der Waals surface area contributed by atoms with Gasteiger partial charge in [0, 0.05) is 57.2 Å². The number of piperazine rings is 1. The molecule has 3 fully saturated rings. The summed E-state index contributed by atoms with van der Waals surface area (Å²) in [6.07, 6.45) is 1.43. The van der Waals surface area contributed by atoms with Crippen LogP contribution in [0.15, 0.2) is 28.7 Å². The molecular weight excluding hydrogens is 568 g/mol. The second-order valence-corrected chi connectivity index (χ2v) is 14.1. The molecule has 3 N–H and O–H groups in total. The Hall–Kier alpha value is -3.40. The summed E-state index contributed by atoms with van der Waals surface area (Å²) in [7, 11) is -3.78. The van der Waals surface area contributed by atoms with Crippen molar-refractivity contribution in [1.82, 2.24) is 29.1 Å². The van der Waals surface area contributed by atoms with E-state index in [1.54, 1.807) is 6.92 Å². The molecule has 1 aliphatic carbocycles. The zero-order valence-corrected chi connectivity index (χ0v) is 24.4. The van der Waals surface area contributed by atoms with Crippen molar-refractivity contribution < 1.29 is 23.1 Å². The molecule has 2 aromatic heterocycles. The fourth-order valence-electron chi connectivity index (χ4n) is 5.81. The van der Waals surface area contributed by atoms with Gasteiger partial charge in [0.15, 0.2) is 9.34 Å². The summed E-state index contributed by atoms with van der Waals surface area (Å²) >= 11 is 0.822. The zero-order valence-electron chi connectivity index (χ0n) is 22.8. The highest BCUT2D eigenvalue weighted by molar-refractivity contribution is 7.91. The van der Waals surface area contributed by atoms with Gasteiger partial charge in [-0.25, -0.2) is 28.2 Å². The van der Waals surface area contributed by atoms with Crippen LogP contribution in [0.1, 0.15) is 29.4 Å². The topological polar surface area (TPSA) is 161 Å². The van der Waals surface area contributed by atoms with Crippen molar-refractivity contribution in [2.75, 3.05) is 56.4 Å². The highest BCUT2D eigenvalue weighted by Gasteiger charge is 2.46. The normalized spacial score (nSPS) is 22.0. The third-order valence-electron chi connectivity index (χ3n) is 7.95. The van der Waals surface area contributed by atoms with Gasteiger partial charge in [-0.15, -0.1) is 0 Å². The minimum Gasteiger partial charge on any atom is -0.465 e. The number of sulfonamides is 1. The van der Waals surface area contributed by atoms with Crippen molar-refractivity contribution in [2.45, 2.75) is 30.5 Å². The first-order valence-electron chi connectivity index (χ1n) is 13.6. The molecule has 1 saturated carbocycles. The van der Waals surface area contributed by atoms with E-state index in [4.69, 9.17) is 5.11 Å². The molecule has 41 heavy (non-hydrogen) atoms. The molecule has 0 bridgehead atoms. The average molecular weight is 601 g/mol. The molecule has 1 aromatic carbocycles. The van der Waals surface area contributed by atoms with Crippen molar-refractivity contribution in [3.05, 3.63) is 35.8 Å². The number of carboxylic acid groups (broad SMARTS) is 1. The van der Waals surface area contributed by atoms with Gasteiger partial charge < -0.3 is 15.3 Å². The minimum atomic E-state index is -3.78. The number of nitrogens with one attached hydrogen (secondary N) is 2. The number of carbonyl (C=O) groups is 2. The van der Waals surface area contributed by atoms with Crippen LogP contribution in [0.2, 0.25) is 0 Å². The summed E-state index contributed by atoms with van der Waals surface area (Å²) in [6.45, 7) is 7.64. The molecule has 2 amide bonds. The number of benzene rings is 1. The first kappa shape index (κ1) is 27.8. The molecule has 4 heterocycles. The van der Waals surface area contributed by atoms with Crippen molar-refractivity contribution in [2.24, 2.45) is 11.8 Å². The molecule has 6 rings (SSSR count). The predicted molar refractivity (Wildman–Crippen MR) is 154 cm³/mol. The van der Waals surface area contributed by atoms with Crippen LogP contribution in [0, 0.1) is 18.8 Å². The van der Waals surface area contributed by atoms with Crippen molar-refractivity contribution >= 4 is 55.2 Å². The van der Waals surface area contributed by atoms with E-state index < -0.39 is 16.1 Å². The van der Waals surface area contributed by atoms with Crippen molar-refractivity contribution in [3.63, 3.8) is 0 Å². The van der Waals surface area contributed by atoms with Crippen LogP contribution in [0.25, 0.3) is 10.9 Å². The number of hydrogen-bond donors (Lipinski definition) is 3. The van der Waals surface area contributed by atoms with Gasteiger partial charge in [0.05, 0.1) is 16.8 Å². The molecule has 0 radical (unpaired) electrons. The molecule has 3 aromatic rings. The van der Waals surface area contributed by atoms with Crippen LogP contribution in [0.5, 0.6) is 0 Å². The maximum absolute atomic E-state index is 13.2. The third kappa shape index (κ3) is 5.58. The lowest BCUT2D eigenvalue weighted by atomic mass is 10.1. The number of likely N-dealkylation sites (tertiary alicyclic amines) is 1. The first-order valence-corrected chi connectivity index (χ1v) is 15.8. The molecule has 2 aliphatic heterocycles. The van der Waals surface area contributed by atoms with E-state index in [1.807, 2.05) is 30.0 Å². The number of fused-ring (bicyclic) bond motifs is 2. The third-order valence-corrected chi connectivity index (χ3v) is 11.5. The number of aryl methyl sites for hydroxylation is 1. The quantitative estimate of drug-likeness (QED) is 0.350. The number of hydrogen-bond acceptors (Lipinski definition) is 10. The van der Waals surface area contributed by atoms with Crippen LogP contribution < -0.4 is 10.6 Å². The Morgan fingerprint density at radius 2 is 1.88 bits per heavy atom. The molecule has 3 atom stereocenters. The van der Waals surface area contributed by atoms with E-state index in [0.29, 0.717) is 61.5 Å². The Bertz CT molecular complexity index is 1590. The molecule has 3 aliphatic rings. The standard InChI is InChI=1S/C26H32N8O5S2/c1-15(11-32-6-8-34(9-7-32)41(38,39)24-16(2)30-25(40-24)31-26(36)37)29-22-19-4-3-5-20(21(19)27-14-28-22)23(35)33-12-17-10-18(17)13-33/h3-5,14-15,17-18H,6-13H2,1-2H3,(H,30,31)(H,36,37)(H,27,28,29)/t15-,17?,18?/m0/s1. The van der Waals surface area contributed by atoms with Crippen LogP contribution >= 0.6 is 11.3 Å². The van der Waals surface area contributed by atoms with Crippen LogP contribution in [0.3, 0.4) is 0 Å². The lowest BCUT2D eigenvalue weighted by Crippen LogP contribution is -2.50. The van der Waals surface area contributed by atoms with E-state index >= 15 is 0 Å². The summed E-state index contributed by atoms with van der Waals surface area (Å²) in [5.41, 5.74) is 1.51. The number of piperidine rings is 1.